The summed E-state index contributed by atoms with van der Waals surface area (Å²) in [5, 5.41) is 2.83. The molecule has 0 spiro atoms. The average molecular weight is 376 g/mol. The van der Waals surface area contributed by atoms with Gasteiger partial charge in [-0.2, -0.15) is 0 Å². The van der Waals surface area contributed by atoms with Gasteiger partial charge in [0.05, 0.1) is 0 Å². The molecule has 28 heavy (non-hydrogen) atoms. The number of rotatable bonds is 8. The monoisotopic (exact) mass is 376 g/mol. The topological polar surface area (TPSA) is 60.5 Å². The van der Waals surface area contributed by atoms with Crippen molar-refractivity contribution >= 4 is 11.6 Å². The van der Waals surface area contributed by atoms with Crippen LogP contribution in [0.25, 0.3) is 0 Å². The van der Waals surface area contributed by atoms with E-state index in [2.05, 4.69) is 30.2 Å². The van der Waals surface area contributed by atoms with E-state index in [9.17, 15) is 4.79 Å². The molecule has 1 aromatic heterocycles. The maximum Gasteiger partial charge on any atom is 0.262 e. The minimum atomic E-state index is -0.223. The first-order chi connectivity index (χ1) is 13.6. The number of ether oxygens (including phenoxy) is 2. The summed E-state index contributed by atoms with van der Waals surface area (Å²) in [6.45, 7) is 4.60. The Kier molecular flexibility index (Phi) is 6.63. The zero-order valence-electron chi connectivity index (χ0n) is 16.1. The molecular weight excluding hydrogens is 352 g/mol. The molecule has 1 amide bonds. The highest BCUT2D eigenvalue weighted by molar-refractivity contribution is 5.92. The molecule has 5 heteroatoms. The summed E-state index contributed by atoms with van der Waals surface area (Å²) in [5.41, 5.74) is 2.82. The van der Waals surface area contributed by atoms with Crippen molar-refractivity contribution in [3.05, 3.63) is 84.2 Å². The van der Waals surface area contributed by atoms with Gasteiger partial charge >= 0.3 is 0 Å². The number of amides is 1. The number of benzene rings is 2. The minimum absolute atomic E-state index is 0.0533. The van der Waals surface area contributed by atoms with Gasteiger partial charge in [0.1, 0.15) is 18.1 Å². The summed E-state index contributed by atoms with van der Waals surface area (Å²) in [6, 6.07) is 18.9. The largest absolute Gasteiger partial charge is 0.489 e. The van der Waals surface area contributed by atoms with Crippen LogP contribution < -0.4 is 14.8 Å². The Labute approximate surface area is 165 Å². The van der Waals surface area contributed by atoms with Gasteiger partial charge in [-0.25, -0.2) is 0 Å². The van der Waals surface area contributed by atoms with Gasteiger partial charge < -0.3 is 14.8 Å². The van der Waals surface area contributed by atoms with Crippen molar-refractivity contribution < 1.29 is 14.3 Å². The van der Waals surface area contributed by atoms with E-state index in [1.807, 2.05) is 48.5 Å². The van der Waals surface area contributed by atoms with Crippen molar-refractivity contribution in [1.29, 1.82) is 0 Å². The summed E-state index contributed by atoms with van der Waals surface area (Å²) in [4.78, 5) is 16.3. The third-order valence-electron chi connectivity index (χ3n) is 4.14. The lowest BCUT2D eigenvalue weighted by atomic mass is 10.0. The zero-order valence-corrected chi connectivity index (χ0v) is 16.1. The molecule has 0 aliphatic carbocycles. The van der Waals surface area contributed by atoms with Crippen molar-refractivity contribution in [1.82, 2.24) is 4.98 Å². The van der Waals surface area contributed by atoms with E-state index < -0.39 is 0 Å². The molecule has 5 nitrogen and oxygen atoms in total. The minimum Gasteiger partial charge on any atom is -0.489 e. The van der Waals surface area contributed by atoms with Crippen LogP contribution in [0.2, 0.25) is 0 Å². The number of carbonyl (C=O) groups excluding carboxylic acids is 1. The van der Waals surface area contributed by atoms with Crippen molar-refractivity contribution in [3.8, 4) is 11.5 Å². The fourth-order valence-corrected chi connectivity index (χ4v) is 2.62. The van der Waals surface area contributed by atoms with Gasteiger partial charge in [-0.05, 0) is 41.8 Å². The molecule has 0 fully saturated rings. The maximum absolute atomic E-state index is 12.2. The first-order valence-electron chi connectivity index (χ1n) is 9.24. The standard InChI is InChI=1S/C23H24N2O3/c1-17(2)19-7-3-9-21(12-19)28-16-23(26)25-20-8-4-10-22(13-20)27-15-18-6-5-11-24-14-18/h3-14,17H,15-16H2,1-2H3,(H,25,26). The summed E-state index contributed by atoms with van der Waals surface area (Å²) < 4.78 is 11.4. The van der Waals surface area contributed by atoms with Gasteiger partial charge in [-0.15, -0.1) is 0 Å². The zero-order chi connectivity index (χ0) is 19.8. The van der Waals surface area contributed by atoms with Gasteiger partial charge in [0, 0.05) is 29.7 Å². The second-order valence-electron chi connectivity index (χ2n) is 6.74. The first-order valence-corrected chi connectivity index (χ1v) is 9.24. The normalized spacial score (nSPS) is 10.5. The number of carbonyl (C=O) groups is 1. The van der Waals surface area contributed by atoms with Crippen LogP contribution in [0, 0.1) is 0 Å². The molecule has 3 aromatic rings. The van der Waals surface area contributed by atoms with Gasteiger partial charge in [-0.3, -0.25) is 9.78 Å². The molecule has 1 heterocycles. The number of nitrogens with zero attached hydrogens (tertiary/aromatic N) is 1. The Balaban J connectivity index is 1.52. The highest BCUT2D eigenvalue weighted by Gasteiger charge is 2.06. The van der Waals surface area contributed by atoms with E-state index in [0.29, 0.717) is 29.7 Å². The summed E-state index contributed by atoms with van der Waals surface area (Å²) >= 11 is 0. The van der Waals surface area contributed by atoms with E-state index in [1.54, 1.807) is 18.5 Å². The smallest absolute Gasteiger partial charge is 0.262 e. The van der Waals surface area contributed by atoms with Crippen molar-refractivity contribution in [2.24, 2.45) is 0 Å². The molecule has 0 saturated heterocycles. The number of aromatic nitrogens is 1. The maximum atomic E-state index is 12.2. The average Bonchev–Trinajstić information content (AvgIpc) is 2.72. The number of anilines is 1. The van der Waals surface area contributed by atoms with Crippen LogP contribution in [0.3, 0.4) is 0 Å². The van der Waals surface area contributed by atoms with Crippen LogP contribution in [0.4, 0.5) is 5.69 Å². The Hall–Kier alpha value is -3.34. The Morgan fingerprint density at radius 2 is 1.79 bits per heavy atom. The first kappa shape index (κ1) is 19.4. The molecule has 0 unspecified atom stereocenters. The van der Waals surface area contributed by atoms with E-state index >= 15 is 0 Å². The second-order valence-corrected chi connectivity index (χ2v) is 6.74. The summed E-state index contributed by atoms with van der Waals surface area (Å²) in [7, 11) is 0. The lowest BCUT2D eigenvalue weighted by molar-refractivity contribution is -0.118. The Morgan fingerprint density at radius 3 is 2.54 bits per heavy atom. The Morgan fingerprint density at radius 1 is 1.00 bits per heavy atom. The SMILES string of the molecule is CC(C)c1cccc(OCC(=O)Nc2cccc(OCc3cccnc3)c2)c1. The van der Waals surface area contributed by atoms with Gasteiger partial charge in [-0.1, -0.05) is 38.1 Å². The molecule has 0 saturated carbocycles. The number of nitrogens with one attached hydrogen (secondary N) is 1. The van der Waals surface area contributed by atoms with Crippen molar-refractivity contribution in [2.45, 2.75) is 26.4 Å². The highest BCUT2D eigenvalue weighted by Crippen LogP contribution is 2.21. The molecule has 0 bridgehead atoms. The number of hydrogen-bond acceptors (Lipinski definition) is 4. The summed E-state index contributed by atoms with van der Waals surface area (Å²) in [5.74, 6) is 1.55. The van der Waals surface area contributed by atoms with Crippen LogP contribution >= 0.6 is 0 Å². The van der Waals surface area contributed by atoms with Crippen LogP contribution in [-0.4, -0.2) is 17.5 Å². The van der Waals surface area contributed by atoms with E-state index in [1.165, 1.54) is 5.56 Å². The molecule has 0 radical (unpaired) electrons. The van der Waals surface area contributed by atoms with Gasteiger partial charge in [0.15, 0.2) is 6.61 Å². The number of pyridine rings is 1. The third-order valence-corrected chi connectivity index (χ3v) is 4.14. The fraction of sp³-hybridized carbons (Fsp3) is 0.217. The molecule has 0 aliphatic rings. The molecule has 2 aromatic carbocycles. The highest BCUT2D eigenvalue weighted by atomic mass is 16.5. The second kappa shape index (κ2) is 9.55. The Bertz CT molecular complexity index is 910. The van der Waals surface area contributed by atoms with Gasteiger partial charge in [0.25, 0.3) is 5.91 Å². The number of hydrogen-bond donors (Lipinski definition) is 1. The fourth-order valence-electron chi connectivity index (χ4n) is 2.62. The van der Waals surface area contributed by atoms with Crippen molar-refractivity contribution in [3.63, 3.8) is 0 Å². The molecular formula is C23H24N2O3. The molecule has 144 valence electrons. The lowest BCUT2D eigenvalue weighted by Gasteiger charge is -2.11. The van der Waals surface area contributed by atoms with Crippen LogP contribution in [0.5, 0.6) is 11.5 Å². The lowest BCUT2D eigenvalue weighted by Crippen LogP contribution is -2.20. The van der Waals surface area contributed by atoms with Crippen LogP contribution in [0.1, 0.15) is 30.9 Å². The summed E-state index contributed by atoms with van der Waals surface area (Å²) in [6.07, 6.45) is 3.48. The molecule has 3 rings (SSSR count). The van der Waals surface area contributed by atoms with Gasteiger partial charge in [0.2, 0.25) is 0 Å². The third kappa shape index (κ3) is 5.84. The predicted molar refractivity (Wildman–Crippen MR) is 110 cm³/mol. The van der Waals surface area contributed by atoms with E-state index in [-0.39, 0.29) is 12.5 Å². The molecule has 1 N–H and O–H groups in total. The molecule has 0 atom stereocenters. The van der Waals surface area contributed by atoms with E-state index in [4.69, 9.17) is 9.47 Å². The quantitative estimate of drug-likeness (QED) is 0.613. The van der Waals surface area contributed by atoms with Crippen LogP contribution in [0.15, 0.2) is 73.1 Å². The van der Waals surface area contributed by atoms with Crippen molar-refractivity contribution in [2.75, 3.05) is 11.9 Å². The van der Waals surface area contributed by atoms with E-state index in [0.717, 1.165) is 5.56 Å². The predicted octanol–water partition coefficient (Wildman–Crippen LogP) is 4.80. The molecule has 0 aliphatic heterocycles. The van der Waals surface area contributed by atoms with Crippen LogP contribution in [-0.2, 0) is 11.4 Å².